The molecule has 0 bridgehead atoms. The van der Waals surface area contributed by atoms with Crippen LogP contribution in [0.1, 0.15) is 44.1 Å². The fourth-order valence-electron chi connectivity index (χ4n) is 4.32. The van der Waals surface area contributed by atoms with E-state index in [1.54, 1.807) is 0 Å². The quantitative estimate of drug-likeness (QED) is 0.801. The Bertz CT molecular complexity index is 552. The molecule has 0 spiro atoms. The molecular formula is C19H28BrClN2O. The molecule has 1 aromatic rings. The molecule has 1 aromatic carbocycles. The lowest BCUT2D eigenvalue weighted by Crippen LogP contribution is -2.49. The van der Waals surface area contributed by atoms with Crippen LogP contribution >= 0.6 is 28.3 Å². The molecule has 5 heteroatoms. The summed E-state index contributed by atoms with van der Waals surface area (Å²) in [4.78, 5) is 15.5. The number of likely N-dealkylation sites (tertiary alicyclic amines) is 1. The maximum Gasteiger partial charge on any atom is 0.233 e. The van der Waals surface area contributed by atoms with Crippen LogP contribution in [0.3, 0.4) is 0 Å². The number of carbonyl (C=O) groups is 1. The van der Waals surface area contributed by atoms with Gasteiger partial charge in [-0.05, 0) is 62.9 Å². The van der Waals surface area contributed by atoms with Gasteiger partial charge in [0.2, 0.25) is 5.91 Å². The van der Waals surface area contributed by atoms with Gasteiger partial charge in [0.05, 0.1) is 5.41 Å². The second kappa shape index (κ2) is 8.68. The van der Waals surface area contributed by atoms with Gasteiger partial charge >= 0.3 is 0 Å². The number of nitrogens with one attached hydrogen (secondary N) is 1. The molecule has 1 N–H and O–H groups in total. The molecule has 3 rings (SSSR count). The summed E-state index contributed by atoms with van der Waals surface area (Å²) in [5.74, 6) is 1.09. The van der Waals surface area contributed by atoms with E-state index >= 15 is 0 Å². The number of rotatable bonds is 4. The van der Waals surface area contributed by atoms with Gasteiger partial charge in [-0.25, -0.2) is 0 Å². The van der Waals surface area contributed by atoms with Crippen molar-refractivity contribution < 1.29 is 4.79 Å². The largest absolute Gasteiger partial charge is 0.342 e. The highest BCUT2D eigenvalue weighted by molar-refractivity contribution is 9.10. The van der Waals surface area contributed by atoms with Crippen LogP contribution in [-0.4, -0.2) is 37.5 Å². The smallest absolute Gasteiger partial charge is 0.233 e. The minimum Gasteiger partial charge on any atom is -0.342 e. The second-order valence-electron chi connectivity index (χ2n) is 7.09. The van der Waals surface area contributed by atoms with Crippen LogP contribution in [0.4, 0.5) is 0 Å². The highest BCUT2D eigenvalue weighted by atomic mass is 79.9. The monoisotopic (exact) mass is 414 g/mol. The van der Waals surface area contributed by atoms with Crippen molar-refractivity contribution in [3.8, 4) is 0 Å². The average Bonchev–Trinajstić information content (AvgIpc) is 3.06. The van der Waals surface area contributed by atoms with Crippen LogP contribution in [0.15, 0.2) is 28.7 Å². The van der Waals surface area contributed by atoms with Crippen molar-refractivity contribution >= 4 is 34.2 Å². The lowest BCUT2D eigenvalue weighted by molar-refractivity contribution is -0.138. The Morgan fingerprint density at radius 3 is 2.54 bits per heavy atom. The van der Waals surface area contributed by atoms with Gasteiger partial charge in [0.1, 0.15) is 0 Å². The molecule has 1 saturated carbocycles. The van der Waals surface area contributed by atoms with E-state index in [-0.39, 0.29) is 17.8 Å². The van der Waals surface area contributed by atoms with Crippen LogP contribution in [0.5, 0.6) is 0 Å². The number of amides is 1. The maximum absolute atomic E-state index is 13.4. The topological polar surface area (TPSA) is 32.3 Å². The van der Waals surface area contributed by atoms with E-state index in [9.17, 15) is 4.79 Å². The van der Waals surface area contributed by atoms with Crippen LogP contribution in [0.25, 0.3) is 0 Å². The lowest BCUT2D eigenvalue weighted by Gasteiger charge is -2.39. The number of piperidine rings is 1. The van der Waals surface area contributed by atoms with Gasteiger partial charge in [-0.2, -0.15) is 0 Å². The third kappa shape index (κ3) is 3.97. The van der Waals surface area contributed by atoms with Gasteiger partial charge < -0.3 is 10.2 Å². The predicted molar refractivity (Wildman–Crippen MR) is 105 cm³/mol. The van der Waals surface area contributed by atoms with Crippen LogP contribution in [-0.2, 0) is 10.2 Å². The van der Waals surface area contributed by atoms with E-state index in [1.807, 2.05) is 13.1 Å². The molecule has 1 saturated heterocycles. The number of halogens is 2. The normalized spacial score (nSPS) is 20.7. The van der Waals surface area contributed by atoms with Crippen molar-refractivity contribution in [2.75, 3.05) is 26.7 Å². The lowest BCUT2D eigenvalue weighted by atomic mass is 9.77. The zero-order valence-electron chi connectivity index (χ0n) is 14.4. The van der Waals surface area contributed by atoms with Gasteiger partial charge in [-0.15, -0.1) is 12.4 Å². The Balaban J connectivity index is 0.00000208. The SMILES string of the molecule is CNCC1CCN(C(=O)C2(c3cccc(Br)c3)CCCC2)CC1.Cl. The molecule has 2 fully saturated rings. The van der Waals surface area contributed by atoms with Crippen molar-refractivity contribution in [3.05, 3.63) is 34.3 Å². The molecule has 1 heterocycles. The standard InChI is InChI=1S/C19H27BrN2O.ClH/c1-21-14-15-7-11-22(12-8-15)18(23)19(9-2-3-10-19)16-5-4-6-17(20)13-16;/h4-6,13,15,21H,2-3,7-12,14H2,1H3;1H. The van der Waals surface area contributed by atoms with Crippen molar-refractivity contribution in [1.29, 1.82) is 0 Å². The molecule has 24 heavy (non-hydrogen) atoms. The average molecular weight is 416 g/mol. The number of hydrogen-bond donors (Lipinski definition) is 1. The summed E-state index contributed by atoms with van der Waals surface area (Å²) in [6, 6.07) is 8.39. The molecule has 3 nitrogen and oxygen atoms in total. The molecule has 0 atom stereocenters. The summed E-state index contributed by atoms with van der Waals surface area (Å²) >= 11 is 3.57. The Hall–Kier alpha value is -0.580. The van der Waals surface area contributed by atoms with E-state index in [0.717, 1.165) is 68.5 Å². The van der Waals surface area contributed by atoms with E-state index in [0.29, 0.717) is 5.91 Å². The molecule has 1 aliphatic heterocycles. The van der Waals surface area contributed by atoms with E-state index in [1.165, 1.54) is 5.56 Å². The fraction of sp³-hybridized carbons (Fsp3) is 0.632. The van der Waals surface area contributed by atoms with Gasteiger partial charge in [0.25, 0.3) is 0 Å². The van der Waals surface area contributed by atoms with Crippen molar-refractivity contribution in [2.24, 2.45) is 5.92 Å². The zero-order valence-corrected chi connectivity index (χ0v) is 16.8. The zero-order chi connectivity index (χ0) is 16.3. The van der Waals surface area contributed by atoms with E-state index in [2.05, 4.69) is 44.3 Å². The first-order valence-electron chi connectivity index (χ1n) is 8.86. The number of carbonyl (C=O) groups excluding carboxylic acids is 1. The molecule has 134 valence electrons. The molecule has 0 unspecified atom stereocenters. The summed E-state index contributed by atoms with van der Waals surface area (Å²) in [7, 11) is 2.01. The predicted octanol–water partition coefficient (Wildman–Crippen LogP) is 4.14. The third-order valence-corrected chi connectivity index (χ3v) is 6.13. The summed E-state index contributed by atoms with van der Waals surface area (Å²) in [6.45, 7) is 2.90. The fourth-order valence-corrected chi connectivity index (χ4v) is 4.72. The third-order valence-electron chi connectivity index (χ3n) is 5.64. The van der Waals surface area contributed by atoms with Crippen LogP contribution in [0.2, 0.25) is 0 Å². The van der Waals surface area contributed by atoms with Crippen LogP contribution < -0.4 is 5.32 Å². The molecule has 0 aromatic heterocycles. The first-order valence-corrected chi connectivity index (χ1v) is 9.65. The highest BCUT2D eigenvalue weighted by Crippen LogP contribution is 2.43. The molecule has 2 aliphatic rings. The van der Waals surface area contributed by atoms with Gasteiger partial charge in [-0.3, -0.25) is 4.79 Å². The Kier molecular flexibility index (Phi) is 7.14. The Morgan fingerprint density at radius 2 is 1.96 bits per heavy atom. The first-order chi connectivity index (χ1) is 11.2. The Morgan fingerprint density at radius 1 is 1.29 bits per heavy atom. The highest BCUT2D eigenvalue weighted by Gasteiger charge is 2.45. The summed E-state index contributed by atoms with van der Waals surface area (Å²) < 4.78 is 1.07. The Labute approximate surface area is 160 Å². The van der Waals surface area contributed by atoms with Gasteiger partial charge in [0, 0.05) is 17.6 Å². The van der Waals surface area contributed by atoms with Gasteiger partial charge in [0.15, 0.2) is 0 Å². The van der Waals surface area contributed by atoms with Crippen molar-refractivity contribution in [2.45, 2.75) is 43.9 Å². The number of nitrogens with zero attached hydrogens (tertiary/aromatic N) is 1. The molecular weight excluding hydrogens is 388 g/mol. The van der Waals surface area contributed by atoms with Crippen molar-refractivity contribution in [3.63, 3.8) is 0 Å². The van der Waals surface area contributed by atoms with E-state index < -0.39 is 0 Å². The number of hydrogen-bond acceptors (Lipinski definition) is 2. The minimum atomic E-state index is -0.278. The molecule has 1 amide bonds. The first kappa shape index (κ1) is 19.7. The van der Waals surface area contributed by atoms with Gasteiger partial charge in [-0.1, -0.05) is 40.9 Å². The maximum atomic E-state index is 13.4. The van der Waals surface area contributed by atoms with Crippen molar-refractivity contribution in [1.82, 2.24) is 10.2 Å². The summed E-state index contributed by atoms with van der Waals surface area (Å²) in [5, 5.41) is 3.27. The summed E-state index contributed by atoms with van der Waals surface area (Å²) in [5.41, 5.74) is 0.923. The minimum absolute atomic E-state index is 0. The summed E-state index contributed by atoms with van der Waals surface area (Å²) in [6.07, 6.45) is 6.57. The van der Waals surface area contributed by atoms with E-state index in [4.69, 9.17) is 0 Å². The number of benzene rings is 1. The van der Waals surface area contributed by atoms with Crippen LogP contribution in [0, 0.1) is 5.92 Å². The molecule has 1 aliphatic carbocycles. The second-order valence-corrected chi connectivity index (χ2v) is 8.01. The molecule has 0 radical (unpaired) electrons.